The van der Waals surface area contributed by atoms with Crippen molar-refractivity contribution in [1.82, 2.24) is 0 Å². The van der Waals surface area contributed by atoms with Gasteiger partial charge in [0.25, 0.3) is 0 Å². The average Bonchev–Trinajstić information content (AvgIpc) is 1.25. The molecule has 13 heteroatoms. The molecule has 0 atom stereocenters. The first-order valence-electron chi connectivity index (χ1n) is 1.10. The first-order chi connectivity index (χ1) is 3.46. The molecule has 0 radical (unpaired) electrons. The van der Waals surface area contributed by atoms with Crippen molar-refractivity contribution < 1.29 is 59.4 Å². The molecule has 0 aliphatic heterocycles. The van der Waals surface area contributed by atoms with Crippen LogP contribution in [0.2, 0.25) is 0 Å². The Morgan fingerprint density at radius 2 is 0.615 bits per heavy atom. The summed E-state index contributed by atoms with van der Waals surface area (Å²) in [5, 5.41) is 29.5. The smallest absolute Gasteiger partial charge is 0.412 e. The van der Waals surface area contributed by atoms with Crippen molar-refractivity contribution in [2.45, 2.75) is 0 Å². The molecule has 12 nitrogen and oxygen atoms in total. The number of nitrogens with zero attached hydrogens (tertiary/aromatic N) is 2. The zero-order chi connectivity index (χ0) is 7.15. The van der Waals surface area contributed by atoms with Crippen molar-refractivity contribution in [2.24, 2.45) is 0 Å². The Morgan fingerprint density at radius 3 is 0.615 bits per heavy atom. The van der Waals surface area contributed by atoms with E-state index in [9.17, 15) is 0 Å². The first kappa shape index (κ1) is 56.9. The molecule has 0 spiro atoms. The molecule has 0 heterocycles. The fourth-order valence-corrected chi connectivity index (χ4v) is 0. The third kappa shape index (κ3) is 1330. The predicted molar refractivity (Wildman–Crippen MR) is 35.2 cm³/mol. The second-order valence-corrected chi connectivity index (χ2v) is 0.447. The number of hydrogen-bond donors (Lipinski definition) is 0. The van der Waals surface area contributed by atoms with Gasteiger partial charge in [0.15, 0.2) is 0 Å². The van der Waals surface area contributed by atoms with Gasteiger partial charge in [-0.1, -0.05) is 0 Å². The molecule has 0 aromatic carbocycles. The fourth-order valence-electron chi connectivity index (χ4n) is 0. The molecule has 80 valence electrons. The summed E-state index contributed by atoms with van der Waals surface area (Å²) in [5.74, 6) is 0. The van der Waals surface area contributed by atoms with Crippen LogP contribution in [0.1, 0.15) is 0 Å². The third-order valence-electron chi connectivity index (χ3n) is 0. The van der Waals surface area contributed by atoms with E-state index in [0.29, 0.717) is 0 Å². The topological polar surface area (TPSA) is 258 Å². The third-order valence-corrected chi connectivity index (χ3v) is 0. The van der Waals surface area contributed by atoms with Crippen molar-refractivity contribution in [1.29, 1.82) is 0 Å². The van der Waals surface area contributed by atoms with Crippen LogP contribution in [0.3, 0.4) is 0 Å². The van der Waals surface area contributed by atoms with E-state index in [0.717, 1.165) is 0 Å². The van der Waals surface area contributed by atoms with E-state index >= 15 is 0 Å². The van der Waals surface area contributed by atoms with E-state index in [-0.39, 0.29) is 49.2 Å². The van der Waals surface area contributed by atoms with Crippen LogP contribution in [-0.4, -0.2) is 32.1 Å². The van der Waals surface area contributed by atoms with Gasteiger partial charge < -0.3 is 52.5 Å². The standard InChI is InChI=1S/Cd.2NO3.4H2O/c;2*2-1(3)4;;;;/h;;;4*1H2/q+2;2*-1;;;;. The van der Waals surface area contributed by atoms with Gasteiger partial charge in [-0.25, -0.2) is 0 Å². The maximum absolute atomic E-state index is 8.25. The maximum Gasteiger partial charge on any atom is 2.00 e. The summed E-state index contributed by atoms with van der Waals surface area (Å²) in [5.41, 5.74) is 0. The normalized spacial score (nSPS) is 3.69. The van der Waals surface area contributed by atoms with Crippen LogP contribution in [0.25, 0.3) is 0 Å². The van der Waals surface area contributed by atoms with Crippen LogP contribution < -0.4 is 0 Å². The summed E-state index contributed by atoms with van der Waals surface area (Å²) in [7, 11) is 0. The van der Waals surface area contributed by atoms with E-state index < -0.39 is 10.2 Å². The van der Waals surface area contributed by atoms with E-state index in [1.807, 2.05) is 0 Å². The van der Waals surface area contributed by atoms with E-state index in [1.54, 1.807) is 0 Å². The summed E-state index contributed by atoms with van der Waals surface area (Å²) >= 11 is 0. The molecule has 0 rings (SSSR count). The maximum atomic E-state index is 8.25. The molecule has 0 unspecified atom stereocenters. The summed E-state index contributed by atoms with van der Waals surface area (Å²) < 4.78 is 0. The Labute approximate surface area is 90.4 Å². The minimum atomic E-state index is -1.75. The summed E-state index contributed by atoms with van der Waals surface area (Å²) in [6.07, 6.45) is 0. The molecular formula is H8CdN2O10. The predicted octanol–water partition coefficient (Wildman–Crippen LogP) is -3.78. The number of hydrogen-bond acceptors (Lipinski definition) is 6. The van der Waals surface area contributed by atoms with Gasteiger partial charge in [0.1, 0.15) is 0 Å². The van der Waals surface area contributed by atoms with Crippen molar-refractivity contribution in [3.8, 4) is 0 Å². The molecule has 8 N–H and O–H groups in total. The first-order valence-corrected chi connectivity index (χ1v) is 1.10. The van der Waals surface area contributed by atoms with Gasteiger partial charge >= 0.3 is 27.3 Å². The molecule has 0 saturated carbocycles. The largest absolute Gasteiger partial charge is 2.00 e. The van der Waals surface area contributed by atoms with Crippen molar-refractivity contribution in [3.63, 3.8) is 0 Å². The summed E-state index contributed by atoms with van der Waals surface area (Å²) in [4.78, 5) is 16.5. The Balaban J connectivity index is -0.00000000800. The second kappa shape index (κ2) is 43.3. The molecule has 0 aliphatic carbocycles. The van der Waals surface area contributed by atoms with Crippen LogP contribution in [-0.2, 0) is 27.3 Å². The Kier molecular flexibility index (Phi) is 189. The van der Waals surface area contributed by atoms with Crippen molar-refractivity contribution >= 4 is 0 Å². The monoisotopic (exact) mass is 310 g/mol. The van der Waals surface area contributed by atoms with E-state index in [4.69, 9.17) is 30.6 Å². The molecule has 0 fully saturated rings. The van der Waals surface area contributed by atoms with Crippen LogP contribution >= 0.6 is 0 Å². The molecule has 0 aromatic heterocycles. The molecule has 0 bridgehead atoms. The van der Waals surface area contributed by atoms with Gasteiger partial charge in [-0.15, -0.1) is 0 Å². The minimum absolute atomic E-state index is 0. The van der Waals surface area contributed by atoms with Gasteiger partial charge in [0, 0.05) is 0 Å². The zero-order valence-electron chi connectivity index (χ0n) is 6.05. The van der Waals surface area contributed by atoms with Crippen LogP contribution in [0.15, 0.2) is 0 Å². The summed E-state index contributed by atoms with van der Waals surface area (Å²) in [6, 6.07) is 0. The number of rotatable bonds is 0. The fraction of sp³-hybridized carbons (Fsp3) is 0. The van der Waals surface area contributed by atoms with Crippen LogP contribution in [0, 0.1) is 30.6 Å². The van der Waals surface area contributed by atoms with Crippen LogP contribution in [0.4, 0.5) is 0 Å². The molecule has 0 saturated heterocycles. The quantitative estimate of drug-likeness (QED) is 0.246. The molecule has 0 amide bonds. The average molecular weight is 308 g/mol. The SMILES string of the molecule is O.O.O.O.O=[N+]([O-])[O-].O=[N+]([O-])[O-].[Cd+2]. The Bertz CT molecular complexity index is 70.9. The molecular weight excluding hydrogens is 300 g/mol. The van der Waals surface area contributed by atoms with Gasteiger partial charge in [0.05, 0.1) is 10.2 Å². The Hall–Kier alpha value is -0.838. The van der Waals surface area contributed by atoms with Gasteiger partial charge in [0.2, 0.25) is 0 Å². The van der Waals surface area contributed by atoms with Crippen LogP contribution in [0.5, 0.6) is 0 Å². The second-order valence-electron chi connectivity index (χ2n) is 0.447. The van der Waals surface area contributed by atoms with Gasteiger partial charge in [-0.05, 0) is 0 Å². The Morgan fingerprint density at radius 1 is 0.615 bits per heavy atom. The van der Waals surface area contributed by atoms with Gasteiger partial charge in [-0.3, -0.25) is 0 Å². The minimum Gasteiger partial charge on any atom is -0.412 e. The van der Waals surface area contributed by atoms with Crippen molar-refractivity contribution in [3.05, 3.63) is 30.6 Å². The zero-order valence-corrected chi connectivity index (χ0v) is 10.1. The van der Waals surface area contributed by atoms with E-state index in [1.165, 1.54) is 0 Å². The summed E-state index contributed by atoms with van der Waals surface area (Å²) in [6.45, 7) is 0. The molecule has 0 aromatic rings. The van der Waals surface area contributed by atoms with Crippen molar-refractivity contribution in [2.75, 3.05) is 0 Å². The van der Waals surface area contributed by atoms with Gasteiger partial charge in [-0.2, -0.15) is 0 Å². The molecule has 0 aliphatic rings. The van der Waals surface area contributed by atoms with E-state index in [2.05, 4.69) is 0 Å². The molecule has 13 heavy (non-hydrogen) atoms.